The van der Waals surface area contributed by atoms with Gasteiger partial charge in [0.2, 0.25) is 0 Å². The lowest BCUT2D eigenvalue weighted by Gasteiger charge is -2.57. The third kappa shape index (κ3) is 2.04. The highest BCUT2D eigenvalue weighted by atomic mass is 16.5. The van der Waals surface area contributed by atoms with Gasteiger partial charge in [-0.3, -0.25) is 0 Å². The van der Waals surface area contributed by atoms with Gasteiger partial charge in [0, 0.05) is 6.07 Å². The fourth-order valence-electron chi connectivity index (χ4n) is 6.07. The third-order valence-corrected chi connectivity index (χ3v) is 7.57. The zero-order chi connectivity index (χ0) is 15.3. The SMILES string of the molecule is COc1[c]cc2c(c1)[C@H]1CC[C@]3(C)C(C)CCC[C@H]3[C@@H]1CC2. The maximum atomic E-state index is 5.45. The standard InChI is InChI=1S/C21H29O/c1-14-5-4-6-20-18-10-8-15-7-9-16(22-3)13-19(15)17(18)11-12-21(14,20)2/h7,13-14,17-18,20H,4-6,8,10-12H2,1-3H3/t14?,17-,18+,20-,21+/m0/s1. The lowest BCUT2D eigenvalue weighted by atomic mass is 9.48. The van der Waals surface area contributed by atoms with Crippen molar-refractivity contribution in [1.29, 1.82) is 0 Å². The van der Waals surface area contributed by atoms with Crippen LogP contribution in [0.15, 0.2) is 12.1 Å². The van der Waals surface area contributed by atoms with Crippen LogP contribution < -0.4 is 4.74 Å². The topological polar surface area (TPSA) is 9.23 Å². The molecule has 0 amide bonds. The van der Waals surface area contributed by atoms with Gasteiger partial charge in [-0.15, -0.1) is 0 Å². The van der Waals surface area contributed by atoms with E-state index in [0.717, 1.165) is 29.4 Å². The zero-order valence-corrected chi connectivity index (χ0v) is 14.3. The predicted molar refractivity (Wildman–Crippen MR) is 90.2 cm³/mol. The van der Waals surface area contributed by atoms with Gasteiger partial charge < -0.3 is 4.74 Å². The molecule has 2 fully saturated rings. The Morgan fingerprint density at radius 1 is 1.23 bits per heavy atom. The Labute approximate surface area is 135 Å². The van der Waals surface area contributed by atoms with Crippen LogP contribution in [0.25, 0.3) is 0 Å². The Morgan fingerprint density at radius 2 is 2.09 bits per heavy atom. The number of hydrogen-bond donors (Lipinski definition) is 0. The summed E-state index contributed by atoms with van der Waals surface area (Å²) in [5.41, 5.74) is 3.73. The van der Waals surface area contributed by atoms with Crippen LogP contribution in [-0.2, 0) is 6.42 Å². The first-order valence-electron chi connectivity index (χ1n) is 9.22. The third-order valence-electron chi connectivity index (χ3n) is 7.57. The molecule has 0 aromatic heterocycles. The van der Waals surface area contributed by atoms with Gasteiger partial charge in [-0.05, 0) is 84.5 Å². The summed E-state index contributed by atoms with van der Waals surface area (Å²) in [6, 6.07) is 7.78. The van der Waals surface area contributed by atoms with Crippen molar-refractivity contribution in [1.82, 2.24) is 0 Å². The van der Waals surface area contributed by atoms with Crippen molar-refractivity contribution >= 4 is 0 Å². The van der Waals surface area contributed by atoms with E-state index < -0.39 is 0 Å². The highest BCUT2D eigenvalue weighted by Gasteiger charge is 2.51. The second-order valence-electron chi connectivity index (χ2n) is 8.27. The van der Waals surface area contributed by atoms with Crippen LogP contribution in [0.1, 0.15) is 69.4 Å². The smallest absolute Gasteiger partial charge is 0.127 e. The summed E-state index contributed by atoms with van der Waals surface area (Å²) >= 11 is 0. The van der Waals surface area contributed by atoms with E-state index in [1.54, 1.807) is 12.7 Å². The Balaban J connectivity index is 1.70. The minimum absolute atomic E-state index is 0.599. The molecule has 119 valence electrons. The molecule has 5 atom stereocenters. The summed E-state index contributed by atoms with van der Waals surface area (Å²) in [4.78, 5) is 0. The van der Waals surface area contributed by atoms with Crippen LogP contribution >= 0.6 is 0 Å². The van der Waals surface area contributed by atoms with Crippen LogP contribution in [0, 0.1) is 29.2 Å². The highest BCUT2D eigenvalue weighted by molar-refractivity contribution is 5.40. The molecule has 0 N–H and O–H groups in total. The summed E-state index contributed by atoms with van der Waals surface area (Å²) in [7, 11) is 1.76. The van der Waals surface area contributed by atoms with Crippen molar-refractivity contribution in [3.05, 3.63) is 29.3 Å². The van der Waals surface area contributed by atoms with Gasteiger partial charge in [0.1, 0.15) is 5.75 Å². The van der Waals surface area contributed by atoms with Crippen molar-refractivity contribution in [3.8, 4) is 5.75 Å². The normalized spacial score (nSPS) is 40.3. The Kier molecular flexibility index (Phi) is 3.51. The van der Waals surface area contributed by atoms with E-state index in [4.69, 9.17) is 4.74 Å². The van der Waals surface area contributed by atoms with Crippen LogP contribution in [0.2, 0.25) is 0 Å². The van der Waals surface area contributed by atoms with E-state index in [9.17, 15) is 0 Å². The van der Waals surface area contributed by atoms with Crippen molar-refractivity contribution in [3.63, 3.8) is 0 Å². The molecule has 0 aliphatic heterocycles. The van der Waals surface area contributed by atoms with Gasteiger partial charge in [0.25, 0.3) is 0 Å². The molecule has 0 saturated heterocycles. The first-order chi connectivity index (χ1) is 10.6. The maximum absolute atomic E-state index is 5.45. The zero-order valence-electron chi connectivity index (χ0n) is 14.3. The van der Waals surface area contributed by atoms with Gasteiger partial charge in [-0.2, -0.15) is 0 Å². The van der Waals surface area contributed by atoms with E-state index in [2.05, 4.69) is 32.0 Å². The average Bonchev–Trinajstić information content (AvgIpc) is 2.55. The molecule has 1 heteroatoms. The lowest BCUT2D eigenvalue weighted by Crippen LogP contribution is -2.47. The fourth-order valence-corrected chi connectivity index (χ4v) is 6.07. The number of benzene rings is 1. The summed E-state index contributed by atoms with van der Waals surface area (Å²) in [6.07, 6.45) is 9.80. The minimum atomic E-state index is 0.599. The van der Waals surface area contributed by atoms with E-state index in [0.29, 0.717) is 5.41 Å². The van der Waals surface area contributed by atoms with Gasteiger partial charge in [-0.1, -0.05) is 26.7 Å². The summed E-state index contributed by atoms with van der Waals surface area (Å²) in [5.74, 6) is 4.45. The van der Waals surface area contributed by atoms with E-state index in [1.807, 2.05) is 0 Å². The maximum Gasteiger partial charge on any atom is 0.127 e. The molecule has 1 unspecified atom stereocenters. The quantitative estimate of drug-likeness (QED) is 0.676. The Hall–Kier alpha value is -0.980. The van der Waals surface area contributed by atoms with Crippen molar-refractivity contribution in [2.24, 2.45) is 23.2 Å². The fraction of sp³-hybridized carbons (Fsp3) is 0.714. The largest absolute Gasteiger partial charge is 0.496 e. The van der Waals surface area contributed by atoms with Crippen molar-refractivity contribution in [2.75, 3.05) is 7.11 Å². The molecule has 22 heavy (non-hydrogen) atoms. The predicted octanol–water partition coefficient (Wildman–Crippen LogP) is 5.38. The number of fused-ring (bicyclic) bond motifs is 5. The second-order valence-corrected chi connectivity index (χ2v) is 8.27. The van der Waals surface area contributed by atoms with Crippen molar-refractivity contribution < 1.29 is 4.74 Å². The molecule has 1 aromatic rings. The summed E-state index contributed by atoms with van der Waals surface area (Å²) in [5, 5.41) is 0. The first kappa shape index (κ1) is 14.6. The highest BCUT2D eigenvalue weighted by Crippen LogP contribution is 2.61. The molecular weight excluding hydrogens is 268 g/mol. The lowest BCUT2D eigenvalue weighted by molar-refractivity contribution is -0.0433. The number of aryl methyl sites for hydroxylation is 1. The molecule has 3 aliphatic carbocycles. The second kappa shape index (κ2) is 5.28. The molecule has 0 heterocycles. The molecule has 0 bridgehead atoms. The first-order valence-corrected chi connectivity index (χ1v) is 9.22. The summed E-state index contributed by atoms with van der Waals surface area (Å²) in [6.45, 7) is 5.12. The number of rotatable bonds is 1. The summed E-state index contributed by atoms with van der Waals surface area (Å²) < 4.78 is 5.45. The van der Waals surface area contributed by atoms with E-state index in [1.165, 1.54) is 50.5 Å². The Bertz CT molecular complexity index is 563. The number of methoxy groups -OCH3 is 1. The molecule has 1 aromatic carbocycles. The molecule has 1 radical (unpaired) electrons. The van der Waals surface area contributed by atoms with E-state index >= 15 is 0 Å². The van der Waals surface area contributed by atoms with Gasteiger partial charge in [0.15, 0.2) is 0 Å². The van der Waals surface area contributed by atoms with Gasteiger partial charge in [-0.25, -0.2) is 0 Å². The van der Waals surface area contributed by atoms with Gasteiger partial charge in [0.05, 0.1) is 7.11 Å². The Morgan fingerprint density at radius 3 is 2.91 bits per heavy atom. The van der Waals surface area contributed by atoms with Crippen LogP contribution in [-0.4, -0.2) is 7.11 Å². The van der Waals surface area contributed by atoms with Crippen LogP contribution in [0.5, 0.6) is 5.75 Å². The van der Waals surface area contributed by atoms with Crippen LogP contribution in [0.4, 0.5) is 0 Å². The van der Waals surface area contributed by atoms with Crippen LogP contribution in [0.3, 0.4) is 0 Å². The number of ether oxygens (including phenoxy) is 1. The molecule has 2 saturated carbocycles. The minimum Gasteiger partial charge on any atom is -0.496 e. The molecule has 0 spiro atoms. The molecule has 1 nitrogen and oxygen atoms in total. The molecule has 4 rings (SSSR count). The molecule has 3 aliphatic rings. The van der Waals surface area contributed by atoms with E-state index in [-0.39, 0.29) is 0 Å². The average molecular weight is 297 g/mol. The molecular formula is C21H29O. The number of hydrogen-bond acceptors (Lipinski definition) is 1. The monoisotopic (exact) mass is 297 g/mol. The van der Waals surface area contributed by atoms with Gasteiger partial charge >= 0.3 is 0 Å². The van der Waals surface area contributed by atoms with Crippen molar-refractivity contribution in [2.45, 2.75) is 64.7 Å².